The first-order valence-corrected chi connectivity index (χ1v) is 10.6. The van der Waals surface area contributed by atoms with Crippen molar-refractivity contribution in [2.45, 2.75) is 43.0 Å². The first-order chi connectivity index (χ1) is 13.6. The molecule has 0 aliphatic carbocycles. The van der Waals surface area contributed by atoms with Gasteiger partial charge in [0.25, 0.3) is 0 Å². The second-order valence-electron chi connectivity index (χ2n) is 7.23. The Hall–Kier alpha value is -2.54. The molecule has 1 amide bonds. The van der Waals surface area contributed by atoms with Crippen molar-refractivity contribution in [3.05, 3.63) is 53.9 Å². The van der Waals surface area contributed by atoms with Gasteiger partial charge in [-0.2, -0.15) is 0 Å². The standard InChI is InChI=1S/C21H25N5OS/c1-15(20(27)25-12-5-2-6-13-25)28-21-24-23-19(26(21)22)14-17-10-7-9-16-8-3-4-11-18(16)17/h3-4,7-11,15H,2,5-6,12-14,22H2,1H3/t15-/m0/s1. The van der Waals surface area contributed by atoms with E-state index in [0.29, 0.717) is 17.4 Å². The molecule has 0 radical (unpaired) electrons. The Labute approximate surface area is 169 Å². The van der Waals surface area contributed by atoms with E-state index in [2.05, 4.69) is 34.5 Å². The molecule has 1 fully saturated rings. The van der Waals surface area contributed by atoms with Gasteiger partial charge in [0.15, 0.2) is 5.82 Å². The first-order valence-electron chi connectivity index (χ1n) is 9.75. The molecular weight excluding hydrogens is 370 g/mol. The highest BCUT2D eigenvalue weighted by atomic mass is 32.2. The van der Waals surface area contributed by atoms with Crippen LogP contribution in [0.1, 0.15) is 37.6 Å². The van der Waals surface area contributed by atoms with Gasteiger partial charge in [0.05, 0.1) is 5.25 Å². The molecular formula is C21H25N5OS. The summed E-state index contributed by atoms with van der Waals surface area (Å²) < 4.78 is 1.52. The maximum atomic E-state index is 12.7. The number of nitrogens with zero attached hydrogens (tertiary/aromatic N) is 4. The molecule has 1 aliphatic heterocycles. The van der Waals surface area contributed by atoms with Gasteiger partial charge < -0.3 is 10.7 Å². The van der Waals surface area contributed by atoms with E-state index in [4.69, 9.17) is 5.84 Å². The van der Waals surface area contributed by atoms with Crippen LogP contribution >= 0.6 is 11.8 Å². The molecule has 0 unspecified atom stereocenters. The molecule has 2 heterocycles. The molecule has 1 aromatic heterocycles. The average Bonchev–Trinajstić information content (AvgIpc) is 3.07. The van der Waals surface area contributed by atoms with E-state index < -0.39 is 0 Å². The molecule has 146 valence electrons. The Kier molecular flexibility index (Phi) is 5.52. The fraction of sp³-hybridized carbons (Fsp3) is 0.381. The molecule has 1 atom stereocenters. The number of carbonyl (C=O) groups is 1. The maximum absolute atomic E-state index is 12.7. The van der Waals surface area contributed by atoms with Crippen molar-refractivity contribution in [2.24, 2.45) is 0 Å². The van der Waals surface area contributed by atoms with Crippen LogP contribution in [0.25, 0.3) is 10.8 Å². The van der Waals surface area contributed by atoms with Gasteiger partial charge in [-0.15, -0.1) is 10.2 Å². The molecule has 0 bridgehead atoms. The normalized spacial score (nSPS) is 15.7. The Balaban J connectivity index is 1.49. The highest BCUT2D eigenvalue weighted by molar-refractivity contribution is 8.00. The second-order valence-corrected chi connectivity index (χ2v) is 8.54. The fourth-order valence-corrected chi connectivity index (χ4v) is 4.58. The molecule has 3 aromatic rings. The van der Waals surface area contributed by atoms with Crippen LogP contribution in [0.3, 0.4) is 0 Å². The van der Waals surface area contributed by atoms with E-state index in [1.165, 1.54) is 33.6 Å². The number of aromatic nitrogens is 3. The summed E-state index contributed by atoms with van der Waals surface area (Å²) in [4.78, 5) is 14.6. The number of thioether (sulfide) groups is 1. The quantitative estimate of drug-likeness (QED) is 0.530. The molecule has 4 rings (SSSR count). The minimum Gasteiger partial charge on any atom is -0.342 e. The largest absolute Gasteiger partial charge is 0.342 e. The summed E-state index contributed by atoms with van der Waals surface area (Å²) in [7, 11) is 0. The number of nitrogens with two attached hydrogens (primary N) is 1. The van der Waals surface area contributed by atoms with Crippen LogP contribution in [0, 0.1) is 0 Å². The lowest BCUT2D eigenvalue weighted by Crippen LogP contribution is -2.40. The molecule has 28 heavy (non-hydrogen) atoms. The average molecular weight is 396 g/mol. The van der Waals surface area contributed by atoms with E-state index in [9.17, 15) is 4.79 Å². The lowest BCUT2D eigenvalue weighted by molar-refractivity contribution is -0.131. The Morgan fingerprint density at radius 2 is 1.86 bits per heavy atom. The van der Waals surface area contributed by atoms with Crippen molar-refractivity contribution in [3.8, 4) is 0 Å². The Morgan fingerprint density at radius 1 is 1.11 bits per heavy atom. The molecule has 2 N–H and O–H groups in total. The summed E-state index contributed by atoms with van der Waals surface area (Å²) in [6, 6.07) is 14.5. The second kappa shape index (κ2) is 8.22. The number of hydrogen-bond donors (Lipinski definition) is 1. The van der Waals surface area contributed by atoms with Crippen LogP contribution in [-0.4, -0.2) is 44.0 Å². The molecule has 1 saturated heterocycles. The Morgan fingerprint density at radius 3 is 2.68 bits per heavy atom. The lowest BCUT2D eigenvalue weighted by Gasteiger charge is -2.28. The van der Waals surface area contributed by atoms with Crippen LogP contribution < -0.4 is 5.84 Å². The summed E-state index contributed by atoms with van der Waals surface area (Å²) in [6.07, 6.45) is 3.98. The lowest BCUT2D eigenvalue weighted by atomic mass is 10.0. The molecule has 0 spiro atoms. The molecule has 1 aliphatic rings. The fourth-order valence-electron chi connectivity index (χ4n) is 3.71. The van der Waals surface area contributed by atoms with Gasteiger partial charge in [0, 0.05) is 19.5 Å². The number of amides is 1. The van der Waals surface area contributed by atoms with Gasteiger partial charge in [0.2, 0.25) is 11.1 Å². The number of rotatable bonds is 5. The summed E-state index contributed by atoms with van der Waals surface area (Å²) in [5.74, 6) is 7.12. The van der Waals surface area contributed by atoms with E-state index in [0.717, 1.165) is 31.5 Å². The highest BCUT2D eigenvalue weighted by Gasteiger charge is 2.25. The first kappa shape index (κ1) is 18.8. The zero-order chi connectivity index (χ0) is 19.5. The van der Waals surface area contributed by atoms with Crippen LogP contribution in [0.15, 0.2) is 47.6 Å². The molecule has 0 saturated carbocycles. The van der Waals surface area contributed by atoms with Gasteiger partial charge >= 0.3 is 0 Å². The van der Waals surface area contributed by atoms with Crippen LogP contribution in [0.4, 0.5) is 0 Å². The van der Waals surface area contributed by atoms with Gasteiger partial charge in [-0.1, -0.05) is 54.2 Å². The van der Waals surface area contributed by atoms with Gasteiger partial charge in [-0.05, 0) is 42.5 Å². The number of hydrogen-bond acceptors (Lipinski definition) is 5. The number of nitrogen functional groups attached to an aromatic ring is 1. The minimum atomic E-state index is -0.227. The Bertz CT molecular complexity index is 975. The van der Waals surface area contributed by atoms with E-state index in [1.807, 2.05) is 30.0 Å². The zero-order valence-corrected chi connectivity index (χ0v) is 16.9. The third-order valence-corrected chi connectivity index (χ3v) is 6.31. The molecule has 2 aromatic carbocycles. The number of likely N-dealkylation sites (tertiary alicyclic amines) is 1. The maximum Gasteiger partial charge on any atom is 0.235 e. The molecule has 7 heteroatoms. The van der Waals surface area contributed by atoms with Crippen molar-refractivity contribution in [2.75, 3.05) is 18.9 Å². The van der Waals surface area contributed by atoms with Crippen LogP contribution in [-0.2, 0) is 11.2 Å². The van der Waals surface area contributed by atoms with Crippen LogP contribution in [0.5, 0.6) is 0 Å². The van der Waals surface area contributed by atoms with Crippen molar-refractivity contribution in [3.63, 3.8) is 0 Å². The van der Waals surface area contributed by atoms with E-state index in [1.54, 1.807) is 0 Å². The van der Waals surface area contributed by atoms with Crippen molar-refractivity contribution in [1.29, 1.82) is 0 Å². The smallest absolute Gasteiger partial charge is 0.235 e. The number of benzene rings is 2. The topological polar surface area (TPSA) is 77.0 Å². The monoisotopic (exact) mass is 395 g/mol. The van der Waals surface area contributed by atoms with Gasteiger partial charge in [0.1, 0.15) is 0 Å². The third-order valence-electron chi connectivity index (χ3n) is 5.26. The summed E-state index contributed by atoms with van der Waals surface area (Å²) in [5.41, 5.74) is 1.16. The van der Waals surface area contributed by atoms with E-state index in [-0.39, 0.29) is 11.2 Å². The van der Waals surface area contributed by atoms with Gasteiger partial charge in [-0.25, -0.2) is 4.68 Å². The predicted octanol–water partition coefficient (Wildman–Crippen LogP) is 3.23. The van der Waals surface area contributed by atoms with Crippen molar-refractivity contribution >= 4 is 28.4 Å². The number of fused-ring (bicyclic) bond motifs is 1. The number of carbonyl (C=O) groups excluding carboxylic acids is 1. The van der Waals surface area contributed by atoms with Crippen molar-refractivity contribution in [1.82, 2.24) is 19.8 Å². The summed E-state index contributed by atoms with van der Waals surface area (Å²) in [6.45, 7) is 3.62. The zero-order valence-electron chi connectivity index (χ0n) is 16.0. The predicted molar refractivity (Wildman–Crippen MR) is 113 cm³/mol. The number of piperidine rings is 1. The van der Waals surface area contributed by atoms with E-state index >= 15 is 0 Å². The minimum absolute atomic E-state index is 0.156. The van der Waals surface area contributed by atoms with Crippen molar-refractivity contribution < 1.29 is 4.79 Å². The summed E-state index contributed by atoms with van der Waals surface area (Å²) in [5, 5.41) is 11.3. The van der Waals surface area contributed by atoms with Crippen LogP contribution in [0.2, 0.25) is 0 Å². The molecule has 6 nitrogen and oxygen atoms in total. The van der Waals surface area contributed by atoms with Gasteiger partial charge in [-0.3, -0.25) is 4.79 Å². The highest BCUT2D eigenvalue weighted by Crippen LogP contribution is 2.25. The third kappa shape index (κ3) is 3.85. The SMILES string of the molecule is C[C@H](Sc1nnc(Cc2cccc3ccccc23)n1N)C(=O)N1CCCCC1. The summed E-state index contributed by atoms with van der Waals surface area (Å²) >= 11 is 1.38.